The van der Waals surface area contributed by atoms with Crippen LogP contribution in [0, 0.1) is 5.92 Å². The highest BCUT2D eigenvalue weighted by atomic mass is 79.9. The average Bonchev–Trinajstić information content (AvgIpc) is 2.75. The lowest BCUT2D eigenvalue weighted by Gasteiger charge is -2.05. The molecule has 96 valence electrons. The standard InChI is InChI=1S/C13H14BrClN2S/c1-8(2)6-16-13-17-12(7-18-13)10-4-3-9(14)5-11(10)15/h3-5,7-8H,6H2,1-2H3,(H,16,17). The molecule has 0 unspecified atom stereocenters. The summed E-state index contributed by atoms with van der Waals surface area (Å²) < 4.78 is 0.977. The van der Waals surface area contributed by atoms with E-state index in [1.54, 1.807) is 11.3 Å². The molecule has 1 aromatic carbocycles. The van der Waals surface area contributed by atoms with E-state index in [9.17, 15) is 0 Å². The molecule has 2 rings (SSSR count). The highest BCUT2D eigenvalue weighted by Gasteiger charge is 2.08. The number of anilines is 1. The van der Waals surface area contributed by atoms with Crippen LogP contribution in [0.3, 0.4) is 0 Å². The summed E-state index contributed by atoms with van der Waals surface area (Å²) in [5.74, 6) is 0.605. The fourth-order valence-corrected chi connectivity index (χ4v) is 2.96. The lowest BCUT2D eigenvalue weighted by atomic mass is 10.2. The second-order valence-electron chi connectivity index (χ2n) is 4.44. The number of hydrogen-bond donors (Lipinski definition) is 1. The molecule has 2 nitrogen and oxygen atoms in total. The van der Waals surface area contributed by atoms with Crippen molar-refractivity contribution in [3.8, 4) is 11.3 Å². The number of benzene rings is 1. The van der Waals surface area contributed by atoms with E-state index in [4.69, 9.17) is 11.6 Å². The summed E-state index contributed by atoms with van der Waals surface area (Å²) in [5.41, 5.74) is 1.89. The first-order chi connectivity index (χ1) is 8.56. The summed E-state index contributed by atoms with van der Waals surface area (Å²) in [5, 5.41) is 7.00. The Labute approximate surface area is 125 Å². The predicted octanol–water partition coefficient (Wildman–Crippen LogP) is 5.29. The number of rotatable bonds is 4. The molecule has 0 saturated heterocycles. The SMILES string of the molecule is CC(C)CNc1nc(-c2ccc(Br)cc2Cl)cs1. The topological polar surface area (TPSA) is 24.9 Å². The largest absolute Gasteiger partial charge is 0.361 e. The molecular weight excluding hydrogens is 332 g/mol. The monoisotopic (exact) mass is 344 g/mol. The Hall–Kier alpha value is -0.580. The highest BCUT2D eigenvalue weighted by molar-refractivity contribution is 9.10. The van der Waals surface area contributed by atoms with Crippen LogP contribution in [-0.2, 0) is 0 Å². The first-order valence-electron chi connectivity index (χ1n) is 5.71. The van der Waals surface area contributed by atoms with Gasteiger partial charge >= 0.3 is 0 Å². The number of nitrogens with zero attached hydrogens (tertiary/aromatic N) is 1. The minimum atomic E-state index is 0.605. The molecule has 0 aliphatic heterocycles. The molecule has 0 atom stereocenters. The van der Waals surface area contributed by atoms with Gasteiger partial charge in [-0.15, -0.1) is 11.3 Å². The van der Waals surface area contributed by atoms with Crippen molar-refractivity contribution < 1.29 is 0 Å². The summed E-state index contributed by atoms with van der Waals surface area (Å²) in [7, 11) is 0. The second-order valence-corrected chi connectivity index (χ2v) is 6.62. The van der Waals surface area contributed by atoms with Gasteiger partial charge in [-0.05, 0) is 18.1 Å². The van der Waals surface area contributed by atoms with Crippen molar-refractivity contribution in [2.45, 2.75) is 13.8 Å². The lowest BCUT2D eigenvalue weighted by Crippen LogP contribution is -2.07. The Balaban J connectivity index is 2.18. The molecule has 18 heavy (non-hydrogen) atoms. The third kappa shape index (κ3) is 3.46. The van der Waals surface area contributed by atoms with Gasteiger partial charge < -0.3 is 5.32 Å². The first kappa shape index (κ1) is 13.8. The van der Waals surface area contributed by atoms with Gasteiger partial charge in [0, 0.05) is 22.0 Å². The molecule has 0 spiro atoms. The van der Waals surface area contributed by atoms with Crippen LogP contribution in [0.15, 0.2) is 28.1 Å². The number of hydrogen-bond acceptors (Lipinski definition) is 3. The maximum atomic E-state index is 6.22. The molecular formula is C13H14BrClN2S. The van der Waals surface area contributed by atoms with Crippen LogP contribution in [-0.4, -0.2) is 11.5 Å². The lowest BCUT2D eigenvalue weighted by molar-refractivity contribution is 0.688. The third-order valence-corrected chi connectivity index (χ3v) is 3.98. The maximum absolute atomic E-state index is 6.22. The molecule has 0 amide bonds. The van der Waals surface area contributed by atoms with Crippen LogP contribution in [0.1, 0.15) is 13.8 Å². The van der Waals surface area contributed by atoms with Gasteiger partial charge in [0.15, 0.2) is 5.13 Å². The molecule has 2 aromatic rings. The third-order valence-electron chi connectivity index (χ3n) is 2.37. The van der Waals surface area contributed by atoms with Crippen molar-refractivity contribution in [3.63, 3.8) is 0 Å². The molecule has 0 radical (unpaired) electrons. The zero-order valence-electron chi connectivity index (χ0n) is 10.2. The predicted molar refractivity (Wildman–Crippen MR) is 83.6 cm³/mol. The van der Waals surface area contributed by atoms with Crippen LogP contribution < -0.4 is 5.32 Å². The van der Waals surface area contributed by atoms with E-state index in [2.05, 4.69) is 40.1 Å². The van der Waals surface area contributed by atoms with Crippen LogP contribution in [0.5, 0.6) is 0 Å². The Kier molecular flexibility index (Phi) is 4.65. The maximum Gasteiger partial charge on any atom is 0.183 e. The molecule has 1 N–H and O–H groups in total. The number of thiazole rings is 1. The van der Waals surface area contributed by atoms with Crippen molar-refractivity contribution in [1.82, 2.24) is 4.98 Å². The van der Waals surface area contributed by atoms with E-state index in [1.165, 1.54) is 0 Å². The van der Waals surface area contributed by atoms with Crippen molar-refractivity contribution in [1.29, 1.82) is 0 Å². The Morgan fingerprint density at radius 1 is 1.44 bits per heavy atom. The summed E-state index contributed by atoms with van der Waals surface area (Å²) in [6, 6.07) is 5.84. The van der Waals surface area contributed by atoms with Crippen molar-refractivity contribution in [2.75, 3.05) is 11.9 Å². The van der Waals surface area contributed by atoms with Gasteiger partial charge in [-0.3, -0.25) is 0 Å². The minimum absolute atomic E-state index is 0.605. The van der Waals surface area contributed by atoms with Crippen LogP contribution in [0.2, 0.25) is 5.02 Å². The zero-order valence-corrected chi connectivity index (χ0v) is 13.4. The summed E-state index contributed by atoms with van der Waals surface area (Å²) in [6.45, 7) is 5.28. The zero-order chi connectivity index (χ0) is 13.1. The minimum Gasteiger partial charge on any atom is -0.361 e. The van der Waals surface area contributed by atoms with Gasteiger partial charge in [0.05, 0.1) is 10.7 Å². The summed E-state index contributed by atoms with van der Waals surface area (Å²) in [6.07, 6.45) is 0. The van der Waals surface area contributed by atoms with Gasteiger partial charge in [-0.1, -0.05) is 47.4 Å². The Morgan fingerprint density at radius 3 is 2.89 bits per heavy atom. The van der Waals surface area contributed by atoms with Crippen molar-refractivity contribution in [3.05, 3.63) is 33.1 Å². The van der Waals surface area contributed by atoms with Gasteiger partial charge in [-0.2, -0.15) is 0 Å². The van der Waals surface area contributed by atoms with Crippen LogP contribution >= 0.6 is 38.9 Å². The number of aromatic nitrogens is 1. The van der Waals surface area contributed by atoms with E-state index in [0.29, 0.717) is 10.9 Å². The average molecular weight is 346 g/mol. The van der Waals surface area contributed by atoms with Crippen molar-refractivity contribution in [2.24, 2.45) is 5.92 Å². The second kappa shape index (κ2) is 6.04. The quantitative estimate of drug-likeness (QED) is 0.814. The molecule has 0 bridgehead atoms. The first-order valence-corrected chi connectivity index (χ1v) is 7.76. The van der Waals surface area contributed by atoms with E-state index in [0.717, 1.165) is 27.4 Å². The molecule has 0 fully saturated rings. The van der Waals surface area contributed by atoms with Gasteiger partial charge in [0.1, 0.15) is 0 Å². The van der Waals surface area contributed by atoms with Crippen molar-refractivity contribution >= 4 is 44.0 Å². The van der Waals surface area contributed by atoms with Gasteiger partial charge in [0.25, 0.3) is 0 Å². The molecule has 0 saturated carbocycles. The highest BCUT2D eigenvalue weighted by Crippen LogP contribution is 2.32. The van der Waals surface area contributed by atoms with E-state index < -0.39 is 0 Å². The van der Waals surface area contributed by atoms with Crippen LogP contribution in [0.4, 0.5) is 5.13 Å². The molecule has 5 heteroatoms. The molecule has 0 aliphatic rings. The van der Waals surface area contributed by atoms with E-state index in [-0.39, 0.29) is 0 Å². The summed E-state index contributed by atoms with van der Waals surface area (Å²) >= 11 is 11.2. The fourth-order valence-electron chi connectivity index (χ4n) is 1.47. The fraction of sp³-hybridized carbons (Fsp3) is 0.308. The number of halogens is 2. The normalized spacial score (nSPS) is 10.9. The van der Waals surface area contributed by atoms with Gasteiger partial charge in [-0.25, -0.2) is 4.98 Å². The van der Waals surface area contributed by atoms with E-state index >= 15 is 0 Å². The smallest absolute Gasteiger partial charge is 0.183 e. The Morgan fingerprint density at radius 2 is 2.22 bits per heavy atom. The van der Waals surface area contributed by atoms with Crippen LogP contribution in [0.25, 0.3) is 11.3 Å². The Bertz CT molecular complexity index is 540. The molecule has 1 aromatic heterocycles. The van der Waals surface area contributed by atoms with Gasteiger partial charge in [0.2, 0.25) is 0 Å². The molecule has 0 aliphatic carbocycles. The molecule has 1 heterocycles. The number of nitrogens with one attached hydrogen (secondary N) is 1. The van der Waals surface area contributed by atoms with E-state index in [1.807, 2.05) is 23.6 Å². The summed E-state index contributed by atoms with van der Waals surface area (Å²) in [4.78, 5) is 4.55.